The number of nitrogens with one attached hydrogen (secondary N) is 1. The molecule has 0 radical (unpaired) electrons. The number of benzene rings is 1. The SMILES string of the molecule is CCn1cc(NC(=O)c2cccc(COCC(F)(F)F)c2)c(C(N)=O)n1. The highest BCUT2D eigenvalue weighted by Crippen LogP contribution is 2.17. The van der Waals surface area contributed by atoms with Crippen LogP contribution in [0.2, 0.25) is 0 Å². The number of primary amides is 1. The lowest BCUT2D eigenvalue weighted by atomic mass is 10.1. The van der Waals surface area contributed by atoms with Crippen molar-refractivity contribution < 1.29 is 27.5 Å². The summed E-state index contributed by atoms with van der Waals surface area (Å²) >= 11 is 0. The Kier molecular flexibility index (Phi) is 5.98. The first-order valence-electron chi connectivity index (χ1n) is 7.61. The van der Waals surface area contributed by atoms with Crippen LogP contribution in [0.4, 0.5) is 18.9 Å². The number of hydrogen-bond donors (Lipinski definition) is 2. The van der Waals surface area contributed by atoms with Crippen molar-refractivity contribution in [3.05, 3.63) is 47.3 Å². The average molecular weight is 370 g/mol. The first-order chi connectivity index (χ1) is 12.2. The maximum Gasteiger partial charge on any atom is 0.411 e. The minimum Gasteiger partial charge on any atom is -0.367 e. The number of hydrogen-bond acceptors (Lipinski definition) is 4. The first kappa shape index (κ1) is 19.4. The zero-order chi connectivity index (χ0) is 19.3. The van der Waals surface area contributed by atoms with E-state index in [9.17, 15) is 22.8 Å². The molecule has 1 aromatic carbocycles. The predicted molar refractivity (Wildman–Crippen MR) is 86.5 cm³/mol. The van der Waals surface area contributed by atoms with E-state index in [2.05, 4.69) is 15.2 Å². The number of halogens is 3. The van der Waals surface area contributed by atoms with Crippen LogP contribution in [-0.2, 0) is 17.9 Å². The van der Waals surface area contributed by atoms with E-state index in [4.69, 9.17) is 5.73 Å². The van der Waals surface area contributed by atoms with Crippen LogP contribution in [0.1, 0.15) is 33.3 Å². The van der Waals surface area contributed by atoms with Crippen molar-refractivity contribution in [2.75, 3.05) is 11.9 Å². The molecule has 0 saturated heterocycles. The van der Waals surface area contributed by atoms with Crippen LogP contribution in [0.15, 0.2) is 30.5 Å². The van der Waals surface area contributed by atoms with Gasteiger partial charge in [0, 0.05) is 18.3 Å². The van der Waals surface area contributed by atoms with E-state index in [0.29, 0.717) is 12.1 Å². The normalized spacial score (nSPS) is 11.4. The van der Waals surface area contributed by atoms with Crippen molar-refractivity contribution >= 4 is 17.5 Å². The van der Waals surface area contributed by atoms with Gasteiger partial charge in [-0.1, -0.05) is 12.1 Å². The van der Waals surface area contributed by atoms with Gasteiger partial charge in [-0.15, -0.1) is 0 Å². The number of carbonyl (C=O) groups excluding carboxylic acids is 2. The number of rotatable bonds is 7. The quantitative estimate of drug-likeness (QED) is 0.781. The molecule has 0 atom stereocenters. The van der Waals surface area contributed by atoms with E-state index >= 15 is 0 Å². The molecule has 1 aromatic heterocycles. The molecule has 0 bridgehead atoms. The smallest absolute Gasteiger partial charge is 0.367 e. The van der Waals surface area contributed by atoms with E-state index in [1.807, 2.05) is 0 Å². The Balaban J connectivity index is 2.09. The van der Waals surface area contributed by atoms with Crippen molar-refractivity contribution in [2.24, 2.45) is 5.73 Å². The Morgan fingerprint density at radius 1 is 1.35 bits per heavy atom. The summed E-state index contributed by atoms with van der Waals surface area (Å²) < 4.78 is 42.3. The second-order valence-electron chi connectivity index (χ2n) is 5.37. The summed E-state index contributed by atoms with van der Waals surface area (Å²) in [5, 5.41) is 6.48. The maximum absolute atomic E-state index is 12.4. The van der Waals surface area contributed by atoms with Crippen LogP contribution >= 0.6 is 0 Å². The maximum atomic E-state index is 12.4. The van der Waals surface area contributed by atoms with Gasteiger partial charge in [-0.05, 0) is 24.6 Å². The molecule has 0 spiro atoms. The third-order valence-electron chi connectivity index (χ3n) is 3.29. The molecule has 26 heavy (non-hydrogen) atoms. The summed E-state index contributed by atoms with van der Waals surface area (Å²) in [6.45, 7) is 0.610. The number of alkyl halides is 3. The minimum absolute atomic E-state index is 0.0788. The van der Waals surface area contributed by atoms with E-state index in [0.717, 1.165) is 0 Å². The highest BCUT2D eigenvalue weighted by Gasteiger charge is 2.27. The molecule has 0 unspecified atom stereocenters. The number of ether oxygens (including phenoxy) is 1. The lowest BCUT2D eigenvalue weighted by Crippen LogP contribution is -2.18. The Morgan fingerprint density at radius 3 is 2.69 bits per heavy atom. The number of anilines is 1. The van der Waals surface area contributed by atoms with Gasteiger partial charge in [0.1, 0.15) is 6.61 Å². The Hall–Kier alpha value is -2.88. The van der Waals surface area contributed by atoms with Gasteiger partial charge >= 0.3 is 6.18 Å². The van der Waals surface area contributed by atoms with Gasteiger partial charge in [-0.25, -0.2) is 0 Å². The van der Waals surface area contributed by atoms with Crippen LogP contribution in [-0.4, -0.2) is 34.4 Å². The highest BCUT2D eigenvalue weighted by molar-refractivity contribution is 6.08. The van der Waals surface area contributed by atoms with Crippen molar-refractivity contribution in [1.29, 1.82) is 0 Å². The lowest BCUT2D eigenvalue weighted by molar-refractivity contribution is -0.176. The van der Waals surface area contributed by atoms with E-state index in [1.54, 1.807) is 6.92 Å². The zero-order valence-corrected chi connectivity index (χ0v) is 13.8. The van der Waals surface area contributed by atoms with E-state index < -0.39 is 24.6 Å². The van der Waals surface area contributed by atoms with Gasteiger partial charge in [-0.3, -0.25) is 14.3 Å². The summed E-state index contributed by atoms with van der Waals surface area (Å²) in [5.74, 6) is -1.34. The molecule has 0 aliphatic carbocycles. The van der Waals surface area contributed by atoms with Crippen LogP contribution < -0.4 is 11.1 Å². The summed E-state index contributed by atoms with van der Waals surface area (Å²) in [5.41, 5.74) is 5.91. The van der Waals surface area contributed by atoms with Crippen molar-refractivity contribution in [2.45, 2.75) is 26.3 Å². The molecular weight excluding hydrogens is 353 g/mol. The molecular formula is C16H17F3N4O3. The molecule has 3 N–H and O–H groups in total. The number of amides is 2. The fraction of sp³-hybridized carbons (Fsp3) is 0.312. The molecule has 0 aliphatic heterocycles. The molecule has 2 aromatic rings. The fourth-order valence-electron chi connectivity index (χ4n) is 2.14. The van der Waals surface area contributed by atoms with Crippen LogP contribution in [0, 0.1) is 0 Å². The zero-order valence-electron chi connectivity index (χ0n) is 13.8. The van der Waals surface area contributed by atoms with Gasteiger partial charge in [0.25, 0.3) is 11.8 Å². The van der Waals surface area contributed by atoms with Crippen LogP contribution in [0.3, 0.4) is 0 Å². The van der Waals surface area contributed by atoms with Crippen LogP contribution in [0.5, 0.6) is 0 Å². The van der Waals surface area contributed by atoms with Gasteiger partial charge in [0.15, 0.2) is 5.69 Å². The molecule has 2 rings (SSSR count). The minimum atomic E-state index is -4.42. The highest BCUT2D eigenvalue weighted by atomic mass is 19.4. The fourth-order valence-corrected chi connectivity index (χ4v) is 2.14. The first-order valence-corrected chi connectivity index (χ1v) is 7.61. The Morgan fingerprint density at radius 2 is 2.08 bits per heavy atom. The second-order valence-corrected chi connectivity index (χ2v) is 5.37. The molecule has 0 saturated carbocycles. The Bertz CT molecular complexity index is 802. The third kappa shape index (κ3) is 5.31. The van der Waals surface area contributed by atoms with Crippen LogP contribution in [0.25, 0.3) is 0 Å². The van der Waals surface area contributed by atoms with Gasteiger partial charge < -0.3 is 15.8 Å². The third-order valence-corrected chi connectivity index (χ3v) is 3.29. The number of carbonyl (C=O) groups is 2. The van der Waals surface area contributed by atoms with Gasteiger partial charge in [0.2, 0.25) is 0 Å². The summed E-state index contributed by atoms with van der Waals surface area (Å²) in [6.07, 6.45) is -2.95. The number of aromatic nitrogens is 2. The topological polar surface area (TPSA) is 99.2 Å². The molecule has 10 heteroatoms. The summed E-state index contributed by atoms with van der Waals surface area (Å²) in [7, 11) is 0. The van der Waals surface area contributed by atoms with Gasteiger partial charge in [-0.2, -0.15) is 18.3 Å². The van der Waals surface area contributed by atoms with Gasteiger partial charge in [0.05, 0.1) is 12.3 Å². The average Bonchev–Trinajstić information content (AvgIpc) is 2.97. The van der Waals surface area contributed by atoms with E-state index in [-0.39, 0.29) is 23.6 Å². The van der Waals surface area contributed by atoms with Crippen molar-refractivity contribution in [3.8, 4) is 0 Å². The largest absolute Gasteiger partial charge is 0.411 e. The van der Waals surface area contributed by atoms with Crippen molar-refractivity contribution in [3.63, 3.8) is 0 Å². The molecule has 0 fully saturated rings. The summed E-state index contributed by atoms with van der Waals surface area (Å²) in [6, 6.07) is 5.94. The number of nitrogens with two attached hydrogens (primary N) is 1. The van der Waals surface area contributed by atoms with E-state index in [1.165, 1.54) is 35.1 Å². The predicted octanol–water partition coefficient (Wildman–Crippen LogP) is 2.33. The standard InChI is InChI=1S/C16H17F3N4O3/c1-2-23-7-12(13(22-23)14(20)24)21-15(25)11-5-3-4-10(6-11)8-26-9-16(17,18)19/h3-7H,2,8-9H2,1H3,(H2,20,24)(H,21,25). The second kappa shape index (κ2) is 8.00. The number of nitrogens with zero attached hydrogens (tertiary/aromatic N) is 2. The molecule has 7 nitrogen and oxygen atoms in total. The summed E-state index contributed by atoms with van der Waals surface area (Å²) in [4.78, 5) is 23.8. The molecule has 2 amide bonds. The molecule has 1 heterocycles. The monoisotopic (exact) mass is 370 g/mol. The molecule has 0 aliphatic rings. The molecule has 140 valence electrons. The Labute approximate surface area is 146 Å². The number of aryl methyl sites for hydroxylation is 1. The lowest BCUT2D eigenvalue weighted by Gasteiger charge is -2.09. The van der Waals surface area contributed by atoms with Crippen molar-refractivity contribution in [1.82, 2.24) is 9.78 Å².